The van der Waals surface area contributed by atoms with E-state index in [4.69, 9.17) is 5.11 Å². The highest BCUT2D eigenvalue weighted by Gasteiger charge is 2.32. The van der Waals surface area contributed by atoms with Gasteiger partial charge in [-0.15, -0.1) is 0 Å². The third kappa shape index (κ3) is 4.42. The molecule has 2 amide bonds. The number of rotatable bonds is 5. The number of amides is 2. The molecule has 1 N–H and O–H groups in total. The minimum absolute atomic E-state index is 0.0312. The predicted octanol–water partition coefficient (Wildman–Crippen LogP) is 0.540. The van der Waals surface area contributed by atoms with Gasteiger partial charge in [0.25, 0.3) is 0 Å². The fourth-order valence-electron chi connectivity index (χ4n) is 2.18. The average Bonchev–Trinajstić information content (AvgIpc) is 2.81. The second-order valence-corrected chi connectivity index (χ2v) is 4.62. The number of carboxylic acid groups (broad SMARTS) is 1. The van der Waals surface area contributed by atoms with Crippen molar-refractivity contribution >= 4 is 18.0 Å². The summed E-state index contributed by atoms with van der Waals surface area (Å²) in [6.07, 6.45) is 1.63. The average molecular weight is 272 g/mol. The largest absolute Gasteiger partial charge is 0.481 e. The molecule has 19 heavy (non-hydrogen) atoms. The van der Waals surface area contributed by atoms with Crippen molar-refractivity contribution in [2.45, 2.75) is 31.7 Å². The molecule has 0 aromatic rings. The number of esters is 1. The maximum atomic E-state index is 12.1. The molecular formula is C12H20N2O5. The summed E-state index contributed by atoms with van der Waals surface area (Å²) in [7, 11) is 2.90. The van der Waals surface area contributed by atoms with Gasteiger partial charge in [-0.25, -0.2) is 4.79 Å². The van der Waals surface area contributed by atoms with E-state index in [9.17, 15) is 14.4 Å². The molecule has 1 atom stereocenters. The monoisotopic (exact) mass is 272 g/mol. The van der Waals surface area contributed by atoms with Crippen molar-refractivity contribution in [3.8, 4) is 0 Å². The molecule has 0 aliphatic carbocycles. The first-order valence-corrected chi connectivity index (χ1v) is 6.26. The van der Waals surface area contributed by atoms with Crippen molar-refractivity contribution in [2.24, 2.45) is 0 Å². The van der Waals surface area contributed by atoms with Gasteiger partial charge in [0, 0.05) is 26.2 Å². The van der Waals surface area contributed by atoms with Crippen molar-refractivity contribution in [1.29, 1.82) is 0 Å². The van der Waals surface area contributed by atoms with Crippen LogP contribution in [0.2, 0.25) is 0 Å². The predicted molar refractivity (Wildman–Crippen MR) is 66.6 cm³/mol. The summed E-state index contributed by atoms with van der Waals surface area (Å²) in [5, 5.41) is 8.81. The number of hydrogen-bond donors (Lipinski definition) is 1. The summed E-state index contributed by atoms with van der Waals surface area (Å²) in [6, 6.07) is -0.474. The van der Waals surface area contributed by atoms with E-state index in [1.165, 1.54) is 12.0 Å². The number of carbonyl (C=O) groups is 3. The summed E-state index contributed by atoms with van der Waals surface area (Å²) in [6.45, 7) is 0.834. The van der Waals surface area contributed by atoms with Gasteiger partial charge < -0.3 is 19.6 Å². The van der Waals surface area contributed by atoms with Gasteiger partial charge >= 0.3 is 18.0 Å². The van der Waals surface area contributed by atoms with E-state index in [1.54, 1.807) is 11.9 Å². The van der Waals surface area contributed by atoms with Crippen LogP contribution < -0.4 is 0 Å². The normalized spacial score (nSPS) is 18.2. The molecule has 1 aliphatic rings. The van der Waals surface area contributed by atoms with Gasteiger partial charge in [-0.05, 0) is 12.8 Å². The molecule has 7 heteroatoms. The molecule has 0 aromatic heterocycles. The van der Waals surface area contributed by atoms with Crippen molar-refractivity contribution in [3.05, 3.63) is 0 Å². The van der Waals surface area contributed by atoms with E-state index in [-0.39, 0.29) is 37.4 Å². The van der Waals surface area contributed by atoms with Crippen LogP contribution in [0, 0.1) is 0 Å². The minimum atomic E-state index is -0.901. The fraction of sp³-hybridized carbons (Fsp3) is 0.750. The van der Waals surface area contributed by atoms with Gasteiger partial charge in [0.2, 0.25) is 0 Å². The van der Waals surface area contributed by atoms with Gasteiger partial charge in [0.1, 0.15) is 0 Å². The van der Waals surface area contributed by atoms with Crippen LogP contribution in [-0.4, -0.2) is 66.2 Å². The smallest absolute Gasteiger partial charge is 0.320 e. The lowest BCUT2D eigenvalue weighted by molar-refractivity contribution is -0.140. The number of urea groups is 1. The number of hydrogen-bond acceptors (Lipinski definition) is 4. The standard InChI is InChI=1S/C12H20N2O5/c1-13(7-5-11(17)19-2)12(18)14-6-3-4-9(14)8-10(15)16/h9H,3-8H2,1-2H3,(H,15,16). The van der Waals surface area contributed by atoms with Gasteiger partial charge in [-0.1, -0.05) is 0 Å². The SMILES string of the molecule is COC(=O)CCN(C)C(=O)N1CCCC1CC(=O)O. The molecule has 1 heterocycles. The van der Waals surface area contributed by atoms with Crippen LogP contribution in [0.4, 0.5) is 4.79 Å². The Morgan fingerprint density at radius 2 is 2.11 bits per heavy atom. The molecule has 7 nitrogen and oxygen atoms in total. The van der Waals surface area contributed by atoms with Crippen LogP contribution in [0.1, 0.15) is 25.7 Å². The van der Waals surface area contributed by atoms with E-state index in [2.05, 4.69) is 4.74 Å². The van der Waals surface area contributed by atoms with E-state index in [0.29, 0.717) is 13.0 Å². The topological polar surface area (TPSA) is 87.2 Å². The summed E-state index contributed by atoms with van der Waals surface area (Å²) >= 11 is 0. The van der Waals surface area contributed by atoms with E-state index >= 15 is 0 Å². The molecule has 0 aromatic carbocycles. The highest BCUT2D eigenvalue weighted by atomic mass is 16.5. The first-order chi connectivity index (χ1) is 8.95. The zero-order valence-electron chi connectivity index (χ0n) is 11.3. The summed E-state index contributed by atoms with van der Waals surface area (Å²) in [4.78, 5) is 36.9. The Morgan fingerprint density at radius 3 is 2.68 bits per heavy atom. The van der Waals surface area contributed by atoms with E-state index in [1.807, 2.05) is 0 Å². The quantitative estimate of drug-likeness (QED) is 0.738. The Hall–Kier alpha value is -1.79. The summed E-state index contributed by atoms with van der Waals surface area (Å²) < 4.78 is 4.51. The van der Waals surface area contributed by atoms with Gasteiger partial charge in [-0.2, -0.15) is 0 Å². The number of aliphatic carboxylic acids is 1. The maximum Gasteiger partial charge on any atom is 0.320 e. The third-order valence-electron chi connectivity index (χ3n) is 3.24. The Bertz CT molecular complexity index is 358. The zero-order valence-corrected chi connectivity index (χ0v) is 11.3. The first-order valence-electron chi connectivity index (χ1n) is 6.26. The van der Waals surface area contributed by atoms with Crippen molar-refractivity contribution in [3.63, 3.8) is 0 Å². The zero-order chi connectivity index (χ0) is 14.4. The lowest BCUT2D eigenvalue weighted by Gasteiger charge is -2.28. The number of ether oxygens (including phenoxy) is 1. The molecule has 1 fully saturated rings. The Morgan fingerprint density at radius 1 is 1.42 bits per heavy atom. The second kappa shape index (κ2) is 6.96. The lowest BCUT2D eigenvalue weighted by Crippen LogP contribution is -2.45. The molecule has 1 saturated heterocycles. The number of methoxy groups -OCH3 is 1. The second-order valence-electron chi connectivity index (χ2n) is 4.62. The molecule has 0 spiro atoms. The van der Waals surface area contributed by atoms with Crippen molar-refractivity contribution < 1.29 is 24.2 Å². The minimum Gasteiger partial charge on any atom is -0.481 e. The number of likely N-dealkylation sites (tertiary alicyclic amines) is 1. The molecule has 0 saturated carbocycles. The van der Waals surface area contributed by atoms with Crippen LogP contribution in [-0.2, 0) is 14.3 Å². The molecule has 0 bridgehead atoms. The van der Waals surface area contributed by atoms with Crippen LogP contribution in [0.25, 0.3) is 0 Å². The molecule has 108 valence electrons. The van der Waals surface area contributed by atoms with Crippen molar-refractivity contribution in [2.75, 3.05) is 27.2 Å². The molecular weight excluding hydrogens is 252 g/mol. The molecule has 0 radical (unpaired) electrons. The number of carboxylic acids is 1. The van der Waals surface area contributed by atoms with Crippen LogP contribution >= 0.6 is 0 Å². The van der Waals surface area contributed by atoms with Gasteiger partial charge in [0.15, 0.2) is 0 Å². The number of nitrogens with zero attached hydrogens (tertiary/aromatic N) is 2. The Balaban J connectivity index is 2.50. The highest BCUT2D eigenvalue weighted by molar-refractivity contribution is 5.77. The molecule has 1 rings (SSSR count). The van der Waals surface area contributed by atoms with Gasteiger partial charge in [-0.3, -0.25) is 9.59 Å². The van der Waals surface area contributed by atoms with E-state index < -0.39 is 5.97 Å². The van der Waals surface area contributed by atoms with Crippen LogP contribution in [0.15, 0.2) is 0 Å². The van der Waals surface area contributed by atoms with E-state index in [0.717, 1.165) is 6.42 Å². The third-order valence-corrected chi connectivity index (χ3v) is 3.24. The summed E-state index contributed by atoms with van der Waals surface area (Å²) in [5.41, 5.74) is 0. The highest BCUT2D eigenvalue weighted by Crippen LogP contribution is 2.21. The number of carbonyl (C=O) groups excluding carboxylic acids is 2. The van der Waals surface area contributed by atoms with Crippen LogP contribution in [0.3, 0.4) is 0 Å². The summed E-state index contributed by atoms with van der Waals surface area (Å²) in [5.74, 6) is -1.27. The maximum absolute atomic E-state index is 12.1. The molecule has 1 aliphatic heterocycles. The van der Waals surface area contributed by atoms with Crippen molar-refractivity contribution in [1.82, 2.24) is 9.80 Å². The van der Waals surface area contributed by atoms with Crippen LogP contribution in [0.5, 0.6) is 0 Å². The molecule has 1 unspecified atom stereocenters. The first kappa shape index (κ1) is 15.3. The Kier molecular flexibility index (Phi) is 5.59. The Labute approximate surface area is 112 Å². The van der Waals surface area contributed by atoms with Gasteiger partial charge in [0.05, 0.1) is 20.0 Å². The lowest BCUT2D eigenvalue weighted by atomic mass is 10.1. The fourth-order valence-corrected chi connectivity index (χ4v) is 2.18.